The average Bonchev–Trinajstić information content (AvgIpc) is 3.25. The number of benzene rings is 1. The fraction of sp³-hybridized carbons (Fsp3) is 0.409. The van der Waals surface area contributed by atoms with Gasteiger partial charge in [0.25, 0.3) is 5.91 Å². The van der Waals surface area contributed by atoms with Gasteiger partial charge in [-0.05, 0) is 37.1 Å². The lowest BCUT2D eigenvalue weighted by Crippen LogP contribution is -2.45. The molecule has 9 heteroatoms. The van der Waals surface area contributed by atoms with E-state index in [9.17, 15) is 4.79 Å². The molecule has 0 spiro atoms. The Bertz CT molecular complexity index is 953. The maximum absolute atomic E-state index is 12.3. The molecule has 3 heterocycles. The Morgan fingerprint density at radius 2 is 2.19 bits per heavy atom. The van der Waals surface area contributed by atoms with Crippen molar-refractivity contribution in [3.05, 3.63) is 47.6 Å². The van der Waals surface area contributed by atoms with Crippen LogP contribution in [0, 0.1) is 0 Å². The first-order valence-corrected chi connectivity index (χ1v) is 10.9. The number of hydrogen-bond donors (Lipinski definition) is 2. The van der Waals surface area contributed by atoms with Gasteiger partial charge in [0.2, 0.25) is 0 Å². The van der Waals surface area contributed by atoms with Crippen LogP contribution in [0.1, 0.15) is 12.8 Å². The third kappa shape index (κ3) is 5.02. The summed E-state index contributed by atoms with van der Waals surface area (Å²) in [5.41, 5.74) is 0.834. The molecule has 0 radical (unpaired) electrons. The first kappa shape index (κ1) is 21.2. The molecule has 1 unspecified atom stereocenters. The predicted octanol–water partition coefficient (Wildman–Crippen LogP) is 2.29. The van der Waals surface area contributed by atoms with Gasteiger partial charge < -0.3 is 25.2 Å². The summed E-state index contributed by atoms with van der Waals surface area (Å²) in [5, 5.41) is 7.49. The number of halogens is 1. The van der Waals surface area contributed by atoms with Crippen molar-refractivity contribution in [1.29, 1.82) is 0 Å². The van der Waals surface area contributed by atoms with E-state index in [0.29, 0.717) is 18.1 Å². The third-order valence-electron chi connectivity index (χ3n) is 5.45. The van der Waals surface area contributed by atoms with Gasteiger partial charge in [-0.3, -0.25) is 9.79 Å². The van der Waals surface area contributed by atoms with Gasteiger partial charge in [-0.15, -0.1) is 0 Å². The monoisotopic (exact) mass is 442 g/mol. The number of fused-ring (bicyclic) bond motifs is 1. The van der Waals surface area contributed by atoms with Crippen molar-refractivity contribution < 1.29 is 9.53 Å². The van der Waals surface area contributed by atoms with E-state index in [1.165, 1.54) is 0 Å². The van der Waals surface area contributed by atoms with Gasteiger partial charge in [-0.2, -0.15) is 0 Å². The van der Waals surface area contributed by atoms with Crippen LogP contribution in [0.25, 0.3) is 0 Å². The number of ether oxygens (including phenoxy) is 1. The summed E-state index contributed by atoms with van der Waals surface area (Å²) in [6, 6.07) is 11.6. The van der Waals surface area contributed by atoms with Gasteiger partial charge >= 0.3 is 0 Å². The van der Waals surface area contributed by atoms with Crippen LogP contribution >= 0.6 is 11.6 Å². The highest BCUT2D eigenvalue weighted by Gasteiger charge is 2.26. The van der Waals surface area contributed by atoms with Gasteiger partial charge in [0.05, 0.1) is 10.7 Å². The van der Waals surface area contributed by atoms with E-state index in [0.717, 1.165) is 49.1 Å². The van der Waals surface area contributed by atoms with Gasteiger partial charge in [-0.25, -0.2) is 4.98 Å². The number of hydrogen-bond acceptors (Lipinski definition) is 5. The molecule has 1 atom stereocenters. The zero-order valence-corrected chi connectivity index (χ0v) is 18.3. The molecule has 8 nitrogen and oxygen atoms in total. The lowest BCUT2D eigenvalue weighted by molar-refractivity contribution is -0.121. The summed E-state index contributed by atoms with van der Waals surface area (Å²) in [6.07, 6.45) is 3.54. The standard InChI is InChI=1S/C22H27ClN6O2/c1-24-22(27-16-9-13-28(14-16)21-17(23)6-4-10-25-21)26-11-5-12-29-18-7-2-3-8-19(18)31-15-20(29)30/h2-4,6-8,10,16H,5,9,11-15H2,1H3,(H2,24,26,27). The Morgan fingerprint density at radius 3 is 3.03 bits per heavy atom. The minimum absolute atomic E-state index is 0.0135. The lowest BCUT2D eigenvalue weighted by atomic mass is 10.2. The molecule has 0 aliphatic carbocycles. The first-order chi connectivity index (χ1) is 15.2. The van der Waals surface area contributed by atoms with Crippen LogP contribution in [-0.2, 0) is 4.79 Å². The second-order valence-electron chi connectivity index (χ2n) is 7.54. The molecule has 2 aromatic rings. The van der Waals surface area contributed by atoms with Gasteiger partial charge in [-0.1, -0.05) is 23.7 Å². The lowest BCUT2D eigenvalue weighted by Gasteiger charge is -2.29. The van der Waals surface area contributed by atoms with Crippen molar-refractivity contribution in [1.82, 2.24) is 15.6 Å². The highest BCUT2D eigenvalue weighted by Crippen LogP contribution is 2.31. The smallest absolute Gasteiger partial charge is 0.265 e. The van der Waals surface area contributed by atoms with E-state index in [1.807, 2.05) is 36.4 Å². The second-order valence-corrected chi connectivity index (χ2v) is 7.95. The van der Waals surface area contributed by atoms with Crippen LogP contribution < -0.4 is 25.2 Å². The number of anilines is 2. The average molecular weight is 443 g/mol. The molecular weight excluding hydrogens is 416 g/mol. The van der Waals surface area contributed by atoms with Crippen LogP contribution in [0.3, 0.4) is 0 Å². The fourth-order valence-electron chi connectivity index (χ4n) is 3.91. The Kier molecular flexibility index (Phi) is 6.76. The van der Waals surface area contributed by atoms with Gasteiger partial charge in [0.1, 0.15) is 11.6 Å². The van der Waals surface area contributed by atoms with E-state index < -0.39 is 0 Å². The normalized spacial score (nSPS) is 18.6. The third-order valence-corrected chi connectivity index (χ3v) is 5.75. The van der Waals surface area contributed by atoms with Crippen molar-refractivity contribution in [2.24, 2.45) is 4.99 Å². The number of nitrogens with one attached hydrogen (secondary N) is 2. The molecule has 0 saturated carbocycles. The second kappa shape index (κ2) is 9.87. The molecule has 1 amide bonds. The number of carbonyl (C=O) groups is 1. The van der Waals surface area contributed by atoms with Crippen LogP contribution in [0.2, 0.25) is 5.02 Å². The molecule has 1 aromatic carbocycles. The minimum atomic E-state index is -0.0135. The summed E-state index contributed by atoms with van der Waals surface area (Å²) < 4.78 is 5.50. The van der Waals surface area contributed by atoms with Crippen LogP contribution in [0.15, 0.2) is 47.6 Å². The summed E-state index contributed by atoms with van der Waals surface area (Å²) in [5.74, 6) is 2.33. The van der Waals surface area contributed by atoms with Gasteiger partial charge in [0, 0.05) is 45.5 Å². The minimum Gasteiger partial charge on any atom is -0.482 e. The number of nitrogens with zero attached hydrogens (tertiary/aromatic N) is 4. The van der Waals surface area contributed by atoms with Crippen molar-refractivity contribution >= 4 is 35.0 Å². The van der Waals surface area contributed by atoms with E-state index in [1.54, 1.807) is 18.1 Å². The number of guanidine groups is 1. The van der Waals surface area contributed by atoms with Crippen LogP contribution in [0.5, 0.6) is 5.75 Å². The van der Waals surface area contributed by atoms with Crippen molar-refractivity contribution in [2.45, 2.75) is 18.9 Å². The predicted molar refractivity (Wildman–Crippen MR) is 123 cm³/mol. The fourth-order valence-corrected chi connectivity index (χ4v) is 4.15. The Morgan fingerprint density at radius 1 is 1.32 bits per heavy atom. The van der Waals surface area contributed by atoms with Crippen molar-refractivity contribution in [2.75, 3.05) is 49.6 Å². The van der Waals surface area contributed by atoms with Crippen LogP contribution in [0.4, 0.5) is 11.5 Å². The number of aliphatic imine (C=N–C) groups is 1. The Labute approximate surface area is 187 Å². The van der Waals surface area contributed by atoms with Crippen molar-refractivity contribution in [3.63, 3.8) is 0 Å². The van der Waals surface area contributed by atoms with E-state index >= 15 is 0 Å². The summed E-state index contributed by atoms with van der Waals surface area (Å²) >= 11 is 6.28. The zero-order chi connectivity index (χ0) is 21.6. The molecule has 1 saturated heterocycles. The molecule has 2 aliphatic rings. The number of para-hydroxylation sites is 2. The number of pyridine rings is 1. The van der Waals surface area contributed by atoms with E-state index in [-0.39, 0.29) is 18.6 Å². The molecule has 0 bridgehead atoms. The zero-order valence-electron chi connectivity index (χ0n) is 17.6. The Balaban J connectivity index is 1.24. The molecule has 164 valence electrons. The largest absolute Gasteiger partial charge is 0.482 e. The summed E-state index contributed by atoms with van der Waals surface area (Å²) in [7, 11) is 1.76. The molecule has 4 rings (SSSR count). The molecule has 31 heavy (non-hydrogen) atoms. The van der Waals surface area contributed by atoms with E-state index in [4.69, 9.17) is 16.3 Å². The molecule has 1 aromatic heterocycles. The number of aromatic nitrogens is 1. The molecular formula is C22H27ClN6O2. The maximum atomic E-state index is 12.3. The molecule has 2 N–H and O–H groups in total. The van der Waals surface area contributed by atoms with Gasteiger partial charge in [0.15, 0.2) is 12.6 Å². The Hall–Kier alpha value is -3.00. The molecule has 2 aliphatic heterocycles. The highest BCUT2D eigenvalue weighted by atomic mass is 35.5. The summed E-state index contributed by atoms with van der Waals surface area (Å²) in [6.45, 7) is 3.13. The first-order valence-electron chi connectivity index (χ1n) is 10.5. The van der Waals surface area contributed by atoms with Crippen molar-refractivity contribution in [3.8, 4) is 5.75 Å². The quantitative estimate of drug-likeness (QED) is 0.406. The SMILES string of the molecule is CN=C(NCCCN1C(=O)COc2ccccc21)NC1CCN(c2ncccc2Cl)C1. The van der Waals surface area contributed by atoms with E-state index in [2.05, 4.69) is 25.5 Å². The number of rotatable bonds is 6. The maximum Gasteiger partial charge on any atom is 0.265 e. The molecule has 1 fully saturated rings. The number of carbonyl (C=O) groups excluding carboxylic acids is 1. The highest BCUT2D eigenvalue weighted by molar-refractivity contribution is 6.32. The van der Waals surface area contributed by atoms with Crippen LogP contribution in [-0.4, -0.2) is 62.7 Å². The topological polar surface area (TPSA) is 82.1 Å². The summed E-state index contributed by atoms with van der Waals surface area (Å²) in [4.78, 5) is 25.0. The number of amides is 1.